The van der Waals surface area contributed by atoms with Crippen molar-refractivity contribution in [1.29, 1.82) is 0 Å². The summed E-state index contributed by atoms with van der Waals surface area (Å²) in [6.45, 7) is 2.99. The molecule has 0 aliphatic heterocycles. The van der Waals surface area contributed by atoms with Crippen molar-refractivity contribution < 1.29 is 9.90 Å². The standard InChI is InChI=1S/C11H24N2O2S/c1-2-4-10(12)9-11(15)13-5-8-16-7-3-6-14/h10,14H,2-9,12H2,1H3,(H,13,15). The highest BCUT2D eigenvalue weighted by Gasteiger charge is 2.07. The summed E-state index contributed by atoms with van der Waals surface area (Å²) < 4.78 is 0. The molecule has 0 fully saturated rings. The molecule has 0 aromatic rings. The lowest BCUT2D eigenvalue weighted by Crippen LogP contribution is -2.32. The fourth-order valence-electron chi connectivity index (χ4n) is 1.31. The largest absolute Gasteiger partial charge is 0.396 e. The molecule has 0 aliphatic carbocycles. The van der Waals surface area contributed by atoms with Gasteiger partial charge in [-0.05, 0) is 18.6 Å². The van der Waals surface area contributed by atoms with Crippen molar-refractivity contribution in [3.05, 3.63) is 0 Å². The number of nitrogens with one attached hydrogen (secondary N) is 1. The summed E-state index contributed by atoms with van der Waals surface area (Å²) in [6.07, 6.45) is 3.17. The number of nitrogens with two attached hydrogens (primary N) is 1. The number of rotatable bonds is 10. The molecule has 1 amide bonds. The molecule has 1 unspecified atom stereocenters. The monoisotopic (exact) mass is 248 g/mol. The van der Waals surface area contributed by atoms with Crippen LogP contribution in [0.1, 0.15) is 32.6 Å². The molecular formula is C11H24N2O2S. The number of amides is 1. The smallest absolute Gasteiger partial charge is 0.221 e. The van der Waals surface area contributed by atoms with Gasteiger partial charge in [0.05, 0.1) is 0 Å². The highest BCUT2D eigenvalue weighted by molar-refractivity contribution is 7.99. The number of hydrogen-bond acceptors (Lipinski definition) is 4. The van der Waals surface area contributed by atoms with Gasteiger partial charge < -0.3 is 16.2 Å². The number of aliphatic hydroxyl groups is 1. The number of hydrogen-bond donors (Lipinski definition) is 3. The maximum atomic E-state index is 11.4. The fraction of sp³-hybridized carbons (Fsp3) is 0.909. The minimum absolute atomic E-state index is 0.00737. The summed E-state index contributed by atoms with van der Waals surface area (Å²) in [4.78, 5) is 11.4. The third kappa shape index (κ3) is 10.3. The zero-order valence-corrected chi connectivity index (χ0v) is 10.9. The molecule has 0 aromatic heterocycles. The third-order valence-corrected chi connectivity index (χ3v) is 3.19. The van der Waals surface area contributed by atoms with Crippen LogP contribution in [0.4, 0.5) is 0 Å². The second-order valence-corrected chi connectivity index (χ2v) is 5.02. The van der Waals surface area contributed by atoms with Crippen LogP contribution in [-0.4, -0.2) is 41.7 Å². The van der Waals surface area contributed by atoms with Gasteiger partial charge in [0.25, 0.3) is 0 Å². The van der Waals surface area contributed by atoms with Crippen LogP contribution >= 0.6 is 11.8 Å². The first-order chi connectivity index (χ1) is 7.70. The SMILES string of the molecule is CCCC(N)CC(=O)NCCSCCCO. The fourth-order valence-corrected chi connectivity index (χ4v) is 2.10. The van der Waals surface area contributed by atoms with Gasteiger partial charge in [-0.15, -0.1) is 0 Å². The maximum Gasteiger partial charge on any atom is 0.221 e. The molecule has 0 spiro atoms. The molecule has 0 saturated heterocycles. The average Bonchev–Trinajstić information content (AvgIpc) is 2.23. The molecule has 0 saturated carbocycles. The molecule has 5 heteroatoms. The van der Waals surface area contributed by atoms with E-state index in [4.69, 9.17) is 10.8 Å². The van der Waals surface area contributed by atoms with Gasteiger partial charge in [-0.25, -0.2) is 0 Å². The van der Waals surface area contributed by atoms with E-state index < -0.39 is 0 Å². The summed E-state index contributed by atoms with van der Waals surface area (Å²) in [5.74, 6) is 1.89. The van der Waals surface area contributed by atoms with Crippen LogP contribution in [0.15, 0.2) is 0 Å². The maximum absolute atomic E-state index is 11.4. The normalized spacial score (nSPS) is 12.4. The van der Waals surface area contributed by atoms with Crippen LogP contribution in [0, 0.1) is 0 Å². The number of aliphatic hydroxyl groups excluding tert-OH is 1. The van der Waals surface area contributed by atoms with Crippen LogP contribution in [-0.2, 0) is 4.79 Å². The Hall–Kier alpha value is -0.260. The molecule has 4 nitrogen and oxygen atoms in total. The van der Waals surface area contributed by atoms with Gasteiger partial charge in [0.15, 0.2) is 0 Å². The van der Waals surface area contributed by atoms with Crippen molar-refractivity contribution >= 4 is 17.7 Å². The average molecular weight is 248 g/mol. The van der Waals surface area contributed by atoms with Crippen LogP contribution in [0.5, 0.6) is 0 Å². The molecule has 0 aromatic carbocycles. The van der Waals surface area contributed by atoms with Crippen molar-refractivity contribution in [3.8, 4) is 0 Å². The van der Waals surface area contributed by atoms with E-state index in [1.54, 1.807) is 11.8 Å². The minimum atomic E-state index is -0.00737. The van der Waals surface area contributed by atoms with Crippen molar-refractivity contribution in [2.45, 2.75) is 38.6 Å². The van der Waals surface area contributed by atoms with Crippen molar-refractivity contribution in [2.75, 3.05) is 24.7 Å². The molecule has 4 N–H and O–H groups in total. The van der Waals surface area contributed by atoms with Gasteiger partial charge in [0, 0.05) is 31.4 Å². The topological polar surface area (TPSA) is 75.4 Å². The molecule has 0 heterocycles. The predicted molar refractivity (Wildman–Crippen MR) is 69.5 cm³/mol. The molecule has 0 bridgehead atoms. The number of carbonyl (C=O) groups excluding carboxylic acids is 1. The Bertz CT molecular complexity index is 179. The molecule has 0 aliphatic rings. The lowest BCUT2D eigenvalue weighted by atomic mass is 10.1. The zero-order valence-electron chi connectivity index (χ0n) is 10.1. The van der Waals surface area contributed by atoms with E-state index in [-0.39, 0.29) is 18.6 Å². The van der Waals surface area contributed by atoms with Crippen LogP contribution < -0.4 is 11.1 Å². The highest BCUT2D eigenvalue weighted by atomic mass is 32.2. The second-order valence-electron chi connectivity index (χ2n) is 3.79. The number of thioether (sulfide) groups is 1. The van der Waals surface area contributed by atoms with Crippen molar-refractivity contribution in [3.63, 3.8) is 0 Å². The molecule has 96 valence electrons. The van der Waals surface area contributed by atoms with Gasteiger partial charge in [0.2, 0.25) is 5.91 Å². The van der Waals surface area contributed by atoms with Gasteiger partial charge in [0.1, 0.15) is 0 Å². The molecule has 16 heavy (non-hydrogen) atoms. The van der Waals surface area contributed by atoms with E-state index in [2.05, 4.69) is 12.2 Å². The Labute approximate surface area is 102 Å². The zero-order chi connectivity index (χ0) is 12.2. The van der Waals surface area contributed by atoms with E-state index >= 15 is 0 Å². The van der Waals surface area contributed by atoms with Gasteiger partial charge >= 0.3 is 0 Å². The van der Waals surface area contributed by atoms with E-state index in [1.807, 2.05) is 0 Å². The Balaban J connectivity index is 3.30. The summed E-state index contributed by atoms with van der Waals surface area (Å²) in [7, 11) is 0. The van der Waals surface area contributed by atoms with Crippen LogP contribution in [0.2, 0.25) is 0 Å². The molecular weight excluding hydrogens is 224 g/mol. The Morgan fingerprint density at radius 2 is 2.25 bits per heavy atom. The minimum Gasteiger partial charge on any atom is -0.396 e. The second kappa shape index (κ2) is 11.2. The third-order valence-electron chi connectivity index (χ3n) is 2.12. The van der Waals surface area contributed by atoms with Crippen molar-refractivity contribution in [1.82, 2.24) is 5.32 Å². The van der Waals surface area contributed by atoms with E-state index in [9.17, 15) is 4.79 Å². The lowest BCUT2D eigenvalue weighted by molar-refractivity contribution is -0.121. The van der Waals surface area contributed by atoms with Gasteiger partial charge in [-0.3, -0.25) is 4.79 Å². The Morgan fingerprint density at radius 1 is 1.50 bits per heavy atom. The highest BCUT2D eigenvalue weighted by Crippen LogP contribution is 2.01. The first-order valence-electron chi connectivity index (χ1n) is 5.91. The lowest BCUT2D eigenvalue weighted by Gasteiger charge is -2.10. The Morgan fingerprint density at radius 3 is 2.88 bits per heavy atom. The Kier molecular flexibility index (Phi) is 11.0. The van der Waals surface area contributed by atoms with E-state index in [1.165, 1.54) is 0 Å². The summed E-state index contributed by atoms with van der Waals surface area (Å²) in [5, 5.41) is 11.4. The first kappa shape index (κ1) is 15.7. The summed E-state index contributed by atoms with van der Waals surface area (Å²) >= 11 is 1.74. The van der Waals surface area contributed by atoms with Gasteiger partial charge in [-0.2, -0.15) is 11.8 Å². The first-order valence-corrected chi connectivity index (χ1v) is 7.07. The van der Waals surface area contributed by atoms with Gasteiger partial charge in [-0.1, -0.05) is 13.3 Å². The molecule has 1 atom stereocenters. The number of carbonyl (C=O) groups is 1. The molecule has 0 radical (unpaired) electrons. The van der Waals surface area contributed by atoms with E-state index in [0.29, 0.717) is 13.0 Å². The van der Waals surface area contributed by atoms with Crippen LogP contribution in [0.3, 0.4) is 0 Å². The van der Waals surface area contributed by atoms with Crippen molar-refractivity contribution in [2.24, 2.45) is 5.73 Å². The predicted octanol–water partition coefficient (Wildman–Crippen LogP) is 0.736. The molecule has 0 rings (SSSR count). The van der Waals surface area contributed by atoms with Crippen LogP contribution in [0.25, 0.3) is 0 Å². The quantitative estimate of drug-likeness (QED) is 0.498. The summed E-state index contributed by atoms with van der Waals surface area (Å²) in [6, 6.07) is -0.00737. The van der Waals surface area contributed by atoms with E-state index in [0.717, 1.165) is 30.8 Å². The summed E-state index contributed by atoms with van der Waals surface area (Å²) in [5.41, 5.74) is 5.76.